The second-order valence-corrected chi connectivity index (χ2v) is 6.58. The Kier molecular flexibility index (Phi) is 4.20. The molecule has 1 aliphatic carbocycles. The molecule has 1 aromatic carbocycles. The summed E-state index contributed by atoms with van der Waals surface area (Å²) < 4.78 is 19.1. The molecule has 0 unspecified atom stereocenters. The van der Waals surface area contributed by atoms with E-state index < -0.39 is 5.41 Å². The van der Waals surface area contributed by atoms with Gasteiger partial charge in [0.2, 0.25) is 5.91 Å². The van der Waals surface area contributed by atoms with Crippen molar-refractivity contribution in [1.82, 2.24) is 10.5 Å². The SMILES string of the molecule is CC(C)CCNC(=O)C1(c2cc(-c3ccccc3F)on2)CC1. The van der Waals surface area contributed by atoms with Gasteiger partial charge in [-0.05, 0) is 37.3 Å². The van der Waals surface area contributed by atoms with Crippen molar-refractivity contribution in [3.8, 4) is 11.3 Å². The van der Waals surface area contributed by atoms with Gasteiger partial charge in [-0.1, -0.05) is 31.1 Å². The van der Waals surface area contributed by atoms with Gasteiger partial charge >= 0.3 is 0 Å². The van der Waals surface area contributed by atoms with Crippen molar-refractivity contribution >= 4 is 5.91 Å². The monoisotopic (exact) mass is 316 g/mol. The van der Waals surface area contributed by atoms with Gasteiger partial charge in [-0.3, -0.25) is 4.79 Å². The molecule has 0 radical (unpaired) electrons. The van der Waals surface area contributed by atoms with Crippen molar-refractivity contribution in [2.24, 2.45) is 5.92 Å². The molecule has 4 nitrogen and oxygen atoms in total. The summed E-state index contributed by atoms with van der Waals surface area (Å²) in [7, 11) is 0. The number of amides is 1. The molecule has 0 atom stereocenters. The molecule has 1 amide bonds. The second kappa shape index (κ2) is 6.14. The van der Waals surface area contributed by atoms with Crippen molar-refractivity contribution in [1.29, 1.82) is 0 Å². The van der Waals surface area contributed by atoms with Crippen LogP contribution in [0.25, 0.3) is 11.3 Å². The van der Waals surface area contributed by atoms with Gasteiger partial charge in [0.05, 0.1) is 16.7 Å². The first kappa shape index (κ1) is 15.7. The molecule has 5 heteroatoms. The molecular weight excluding hydrogens is 295 g/mol. The maximum atomic E-state index is 13.8. The predicted octanol–water partition coefficient (Wildman–Crippen LogP) is 3.67. The van der Waals surface area contributed by atoms with E-state index in [9.17, 15) is 9.18 Å². The molecule has 1 aromatic heterocycles. The molecule has 0 spiro atoms. The number of carbonyl (C=O) groups excluding carboxylic acids is 1. The zero-order chi connectivity index (χ0) is 16.4. The first-order valence-corrected chi connectivity index (χ1v) is 8.03. The lowest BCUT2D eigenvalue weighted by atomic mass is 10.00. The Balaban J connectivity index is 1.75. The fraction of sp³-hybridized carbons (Fsp3) is 0.444. The average molecular weight is 316 g/mol. The largest absolute Gasteiger partial charge is 0.356 e. The first-order valence-electron chi connectivity index (χ1n) is 8.03. The lowest BCUT2D eigenvalue weighted by Gasteiger charge is -2.13. The van der Waals surface area contributed by atoms with E-state index in [1.54, 1.807) is 24.3 Å². The molecule has 1 heterocycles. The minimum Gasteiger partial charge on any atom is -0.356 e. The van der Waals surface area contributed by atoms with E-state index in [0.717, 1.165) is 19.3 Å². The van der Waals surface area contributed by atoms with Crippen molar-refractivity contribution in [2.75, 3.05) is 6.54 Å². The van der Waals surface area contributed by atoms with Crippen LogP contribution >= 0.6 is 0 Å². The van der Waals surface area contributed by atoms with Gasteiger partial charge in [0, 0.05) is 12.6 Å². The summed E-state index contributed by atoms with van der Waals surface area (Å²) in [6.07, 6.45) is 2.45. The number of rotatable bonds is 6. The Morgan fingerprint density at radius 2 is 2.13 bits per heavy atom. The van der Waals surface area contributed by atoms with E-state index in [1.807, 2.05) is 0 Å². The number of aromatic nitrogens is 1. The van der Waals surface area contributed by atoms with Crippen LogP contribution in [0.1, 0.15) is 38.8 Å². The quantitative estimate of drug-likeness (QED) is 0.884. The van der Waals surface area contributed by atoms with E-state index in [4.69, 9.17) is 4.52 Å². The standard InChI is InChI=1S/C18H21FN2O2/c1-12(2)7-10-20-17(22)18(8-9-18)16-11-15(23-21-16)13-5-3-4-6-14(13)19/h3-6,11-12H,7-10H2,1-2H3,(H,20,22). The summed E-state index contributed by atoms with van der Waals surface area (Å²) >= 11 is 0. The zero-order valence-corrected chi connectivity index (χ0v) is 13.4. The van der Waals surface area contributed by atoms with E-state index in [1.165, 1.54) is 6.07 Å². The van der Waals surface area contributed by atoms with Crippen molar-refractivity contribution < 1.29 is 13.7 Å². The predicted molar refractivity (Wildman–Crippen MR) is 85.3 cm³/mol. The molecule has 1 N–H and O–H groups in total. The van der Waals surface area contributed by atoms with Gasteiger partial charge in [-0.25, -0.2) is 4.39 Å². The van der Waals surface area contributed by atoms with Gasteiger partial charge in [-0.2, -0.15) is 0 Å². The van der Waals surface area contributed by atoms with Crippen LogP contribution < -0.4 is 5.32 Å². The third-order valence-corrected chi connectivity index (χ3v) is 4.33. The molecule has 1 saturated carbocycles. The van der Waals surface area contributed by atoms with Gasteiger partial charge in [-0.15, -0.1) is 0 Å². The third kappa shape index (κ3) is 3.14. The summed E-state index contributed by atoms with van der Waals surface area (Å²) in [4.78, 5) is 12.5. The number of nitrogens with zero attached hydrogens (tertiary/aromatic N) is 1. The summed E-state index contributed by atoms with van der Waals surface area (Å²) in [5.41, 5.74) is 0.365. The van der Waals surface area contributed by atoms with Crippen LogP contribution in [-0.4, -0.2) is 17.6 Å². The van der Waals surface area contributed by atoms with E-state index >= 15 is 0 Å². The highest BCUT2D eigenvalue weighted by atomic mass is 19.1. The number of nitrogens with one attached hydrogen (secondary N) is 1. The number of benzene rings is 1. The minimum atomic E-state index is -0.593. The van der Waals surface area contributed by atoms with Crippen LogP contribution in [0.2, 0.25) is 0 Å². The topological polar surface area (TPSA) is 55.1 Å². The molecule has 3 rings (SSSR count). The van der Waals surface area contributed by atoms with Crippen molar-refractivity contribution in [3.63, 3.8) is 0 Å². The van der Waals surface area contributed by atoms with E-state index in [0.29, 0.717) is 29.5 Å². The smallest absolute Gasteiger partial charge is 0.232 e. The van der Waals surface area contributed by atoms with Gasteiger partial charge in [0.1, 0.15) is 5.82 Å². The zero-order valence-electron chi connectivity index (χ0n) is 13.4. The van der Waals surface area contributed by atoms with E-state index in [2.05, 4.69) is 24.3 Å². The molecular formula is C18H21FN2O2. The van der Waals surface area contributed by atoms with Gasteiger partial charge in [0.15, 0.2) is 5.76 Å². The molecule has 1 fully saturated rings. The van der Waals surface area contributed by atoms with Crippen LogP contribution in [-0.2, 0) is 10.2 Å². The molecule has 0 bridgehead atoms. The number of halogens is 1. The molecule has 1 aliphatic rings. The highest BCUT2D eigenvalue weighted by Gasteiger charge is 2.53. The summed E-state index contributed by atoms with van der Waals surface area (Å²) in [5.74, 6) is 0.539. The second-order valence-electron chi connectivity index (χ2n) is 6.58. The first-order chi connectivity index (χ1) is 11.0. The highest BCUT2D eigenvalue weighted by molar-refractivity contribution is 5.91. The van der Waals surface area contributed by atoms with Crippen LogP contribution in [0.5, 0.6) is 0 Å². The average Bonchev–Trinajstić information content (AvgIpc) is 3.19. The lowest BCUT2D eigenvalue weighted by molar-refractivity contribution is -0.123. The fourth-order valence-corrected chi connectivity index (χ4v) is 2.66. The van der Waals surface area contributed by atoms with Crippen LogP contribution in [0.4, 0.5) is 4.39 Å². The highest BCUT2D eigenvalue weighted by Crippen LogP contribution is 2.48. The maximum absolute atomic E-state index is 13.8. The van der Waals surface area contributed by atoms with E-state index in [-0.39, 0.29) is 11.7 Å². The molecule has 0 saturated heterocycles. The Labute approximate surface area is 135 Å². The van der Waals surface area contributed by atoms with Crippen LogP contribution in [0, 0.1) is 11.7 Å². The number of carbonyl (C=O) groups is 1. The number of hydrogen-bond acceptors (Lipinski definition) is 3. The normalized spacial score (nSPS) is 15.7. The summed E-state index contributed by atoms with van der Waals surface area (Å²) in [5, 5.41) is 7.01. The Morgan fingerprint density at radius 1 is 1.39 bits per heavy atom. The Hall–Kier alpha value is -2.17. The number of hydrogen-bond donors (Lipinski definition) is 1. The maximum Gasteiger partial charge on any atom is 0.232 e. The third-order valence-electron chi connectivity index (χ3n) is 4.33. The molecule has 0 aliphatic heterocycles. The molecule has 122 valence electrons. The fourth-order valence-electron chi connectivity index (χ4n) is 2.66. The Morgan fingerprint density at radius 3 is 2.78 bits per heavy atom. The lowest BCUT2D eigenvalue weighted by Crippen LogP contribution is -2.35. The molecule has 23 heavy (non-hydrogen) atoms. The van der Waals surface area contributed by atoms with Gasteiger partial charge < -0.3 is 9.84 Å². The Bertz CT molecular complexity index is 705. The van der Waals surface area contributed by atoms with Gasteiger partial charge in [0.25, 0.3) is 0 Å². The van der Waals surface area contributed by atoms with Crippen molar-refractivity contribution in [3.05, 3.63) is 41.8 Å². The molecule has 2 aromatic rings. The van der Waals surface area contributed by atoms with Crippen molar-refractivity contribution in [2.45, 2.75) is 38.5 Å². The van der Waals surface area contributed by atoms with Crippen LogP contribution in [0.3, 0.4) is 0 Å². The summed E-state index contributed by atoms with van der Waals surface area (Å²) in [6.45, 7) is 4.91. The summed E-state index contributed by atoms with van der Waals surface area (Å²) in [6, 6.07) is 8.07. The van der Waals surface area contributed by atoms with Crippen LogP contribution in [0.15, 0.2) is 34.9 Å². The minimum absolute atomic E-state index is 0.00784.